The zero-order valence-corrected chi connectivity index (χ0v) is 15.2. The van der Waals surface area contributed by atoms with Crippen molar-refractivity contribution in [2.75, 3.05) is 11.9 Å². The largest absolute Gasteiger partial charge is 0.366 e. The minimum Gasteiger partial charge on any atom is -0.366 e. The van der Waals surface area contributed by atoms with E-state index in [4.69, 9.17) is 5.73 Å². The molecule has 0 unspecified atom stereocenters. The summed E-state index contributed by atoms with van der Waals surface area (Å²) in [6.45, 7) is 0.738. The van der Waals surface area contributed by atoms with Crippen LogP contribution in [0.5, 0.6) is 0 Å². The molecule has 4 N–H and O–H groups in total. The van der Waals surface area contributed by atoms with E-state index in [1.807, 2.05) is 0 Å². The first kappa shape index (κ1) is 19.9. The predicted molar refractivity (Wildman–Crippen MR) is 97.5 cm³/mol. The predicted octanol–water partition coefficient (Wildman–Crippen LogP) is 1.47. The highest BCUT2D eigenvalue weighted by molar-refractivity contribution is 6.10. The van der Waals surface area contributed by atoms with E-state index in [-0.39, 0.29) is 11.1 Å². The fourth-order valence-corrected chi connectivity index (χ4v) is 2.91. The number of hydrogen-bond donors (Lipinski definition) is 3. The summed E-state index contributed by atoms with van der Waals surface area (Å²) >= 11 is 0. The van der Waals surface area contributed by atoms with Crippen LogP contribution in [0.4, 0.5) is 19.3 Å². The lowest BCUT2D eigenvalue weighted by molar-refractivity contribution is -0.133. The second-order valence-corrected chi connectivity index (χ2v) is 6.57. The average molecular weight is 402 g/mol. The van der Waals surface area contributed by atoms with E-state index in [0.717, 1.165) is 12.1 Å². The molecule has 1 saturated heterocycles. The van der Waals surface area contributed by atoms with Crippen molar-refractivity contribution >= 4 is 29.4 Å². The van der Waals surface area contributed by atoms with Gasteiger partial charge in [0.1, 0.15) is 12.1 Å². The molecule has 29 heavy (non-hydrogen) atoms. The third-order valence-electron chi connectivity index (χ3n) is 4.53. The van der Waals surface area contributed by atoms with E-state index in [0.29, 0.717) is 10.6 Å². The first-order valence-corrected chi connectivity index (χ1v) is 8.41. The Labute approximate surface area is 163 Å². The Bertz CT molecular complexity index is 1030. The molecule has 150 valence electrons. The number of imide groups is 1. The minimum absolute atomic E-state index is 0.0414. The van der Waals surface area contributed by atoms with Gasteiger partial charge >= 0.3 is 6.03 Å². The standard InChI is InChI=1S/C19H16F2N4O4/c1-19(11-4-7-13(20)14(21)8-11)17(28)25(18(29)24-19)9-15(26)23-12-5-2-10(3-6-12)16(22)27/h2-8H,9H2,1H3,(H2,22,27)(H,23,26)(H,24,29)/t19-/m1/s1. The molecule has 8 nitrogen and oxygen atoms in total. The van der Waals surface area contributed by atoms with Gasteiger partial charge in [0.05, 0.1) is 0 Å². The number of rotatable bonds is 5. The molecule has 1 fully saturated rings. The summed E-state index contributed by atoms with van der Waals surface area (Å²) in [5, 5.41) is 4.88. The average Bonchev–Trinajstić information content (AvgIpc) is 2.88. The zero-order chi connectivity index (χ0) is 21.3. The van der Waals surface area contributed by atoms with E-state index in [1.54, 1.807) is 0 Å². The van der Waals surface area contributed by atoms with Crippen molar-refractivity contribution in [1.82, 2.24) is 10.2 Å². The molecule has 10 heteroatoms. The summed E-state index contributed by atoms with van der Waals surface area (Å²) in [6, 6.07) is 7.70. The summed E-state index contributed by atoms with van der Waals surface area (Å²) in [6.07, 6.45) is 0. The molecule has 0 aliphatic carbocycles. The van der Waals surface area contributed by atoms with Crippen LogP contribution in [0.3, 0.4) is 0 Å². The number of nitrogens with two attached hydrogens (primary N) is 1. The number of nitrogens with one attached hydrogen (secondary N) is 2. The normalized spacial score (nSPS) is 18.5. The topological polar surface area (TPSA) is 122 Å². The van der Waals surface area contributed by atoms with Crippen molar-refractivity contribution in [2.45, 2.75) is 12.5 Å². The van der Waals surface area contributed by atoms with E-state index >= 15 is 0 Å². The number of carbonyl (C=O) groups excluding carboxylic acids is 4. The smallest absolute Gasteiger partial charge is 0.325 e. The van der Waals surface area contributed by atoms with Crippen molar-refractivity contribution < 1.29 is 28.0 Å². The molecule has 5 amide bonds. The molecule has 1 aliphatic rings. The Kier molecular flexibility index (Phi) is 5.02. The Morgan fingerprint density at radius 2 is 1.76 bits per heavy atom. The second-order valence-electron chi connectivity index (χ2n) is 6.57. The van der Waals surface area contributed by atoms with Gasteiger partial charge < -0.3 is 16.4 Å². The molecular weight excluding hydrogens is 386 g/mol. The van der Waals surface area contributed by atoms with Crippen molar-refractivity contribution in [1.29, 1.82) is 0 Å². The molecule has 0 radical (unpaired) electrons. The molecule has 0 saturated carbocycles. The first-order valence-electron chi connectivity index (χ1n) is 8.41. The number of benzene rings is 2. The molecule has 0 spiro atoms. The van der Waals surface area contributed by atoms with Crippen molar-refractivity contribution in [3.05, 3.63) is 65.2 Å². The van der Waals surface area contributed by atoms with Crippen LogP contribution in [0, 0.1) is 11.6 Å². The molecule has 2 aromatic carbocycles. The van der Waals surface area contributed by atoms with Crippen LogP contribution in [0.2, 0.25) is 0 Å². The lowest BCUT2D eigenvalue weighted by atomic mass is 9.92. The van der Waals surface area contributed by atoms with Gasteiger partial charge in [-0.25, -0.2) is 13.6 Å². The summed E-state index contributed by atoms with van der Waals surface area (Å²) < 4.78 is 26.7. The van der Waals surface area contributed by atoms with Crippen LogP contribution in [-0.4, -0.2) is 35.2 Å². The number of carbonyl (C=O) groups is 4. The third kappa shape index (κ3) is 3.77. The first-order chi connectivity index (χ1) is 13.6. The molecule has 1 aliphatic heterocycles. The number of urea groups is 1. The van der Waals surface area contributed by atoms with Gasteiger partial charge in [0.2, 0.25) is 11.8 Å². The number of anilines is 1. The monoisotopic (exact) mass is 402 g/mol. The highest BCUT2D eigenvalue weighted by Crippen LogP contribution is 2.29. The lowest BCUT2D eigenvalue weighted by Gasteiger charge is -2.22. The molecular formula is C19H16F2N4O4. The van der Waals surface area contributed by atoms with E-state index in [9.17, 15) is 28.0 Å². The van der Waals surface area contributed by atoms with Crippen LogP contribution in [0.25, 0.3) is 0 Å². The Balaban J connectivity index is 1.73. The van der Waals surface area contributed by atoms with Crippen molar-refractivity contribution in [3.8, 4) is 0 Å². The van der Waals surface area contributed by atoms with Crippen LogP contribution < -0.4 is 16.4 Å². The number of nitrogens with zero attached hydrogens (tertiary/aromatic N) is 1. The van der Waals surface area contributed by atoms with Gasteiger partial charge in [0.25, 0.3) is 5.91 Å². The van der Waals surface area contributed by atoms with E-state index in [2.05, 4.69) is 10.6 Å². The molecule has 0 aromatic heterocycles. The van der Waals surface area contributed by atoms with Gasteiger partial charge in [-0.3, -0.25) is 19.3 Å². The Hall–Kier alpha value is -3.82. The maximum absolute atomic E-state index is 13.5. The minimum atomic E-state index is -1.64. The van der Waals surface area contributed by atoms with Crippen molar-refractivity contribution in [2.24, 2.45) is 5.73 Å². The zero-order valence-electron chi connectivity index (χ0n) is 15.2. The number of hydrogen-bond acceptors (Lipinski definition) is 4. The Morgan fingerprint density at radius 3 is 2.34 bits per heavy atom. The summed E-state index contributed by atoms with van der Waals surface area (Å²) in [5.74, 6) is -4.34. The van der Waals surface area contributed by atoms with Gasteiger partial charge in [-0.1, -0.05) is 6.07 Å². The molecule has 3 rings (SSSR count). The summed E-state index contributed by atoms with van der Waals surface area (Å²) in [4.78, 5) is 48.9. The van der Waals surface area contributed by atoms with Gasteiger partial charge in [-0.15, -0.1) is 0 Å². The number of amides is 5. The Morgan fingerprint density at radius 1 is 1.10 bits per heavy atom. The van der Waals surface area contributed by atoms with Gasteiger partial charge in [-0.2, -0.15) is 0 Å². The second kappa shape index (κ2) is 7.30. The molecule has 0 bridgehead atoms. The van der Waals surface area contributed by atoms with Gasteiger partial charge in [0, 0.05) is 11.3 Å². The van der Waals surface area contributed by atoms with E-state index < -0.39 is 47.5 Å². The van der Waals surface area contributed by atoms with Crippen LogP contribution in [0.1, 0.15) is 22.8 Å². The summed E-state index contributed by atoms with van der Waals surface area (Å²) in [7, 11) is 0. The van der Waals surface area contributed by atoms with E-state index in [1.165, 1.54) is 37.3 Å². The molecule has 1 atom stereocenters. The molecule has 2 aromatic rings. The fourth-order valence-electron chi connectivity index (χ4n) is 2.91. The van der Waals surface area contributed by atoms with Crippen molar-refractivity contribution in [3.63, 3.8) is 0 Å². The van der Waals surface area contributed by atoms with Crippen LogP contribution in [0.15, 0.2) is 42.5 Å². The number of primary amides is 1. The maximum atomic E-state index is 13.5. The highest BCUT2D eigenvalue weighted by atomic mass is 19.2. The highest BCUT2D eigenvalue weighted by Gasteiger charge is 2.49. The summed E-state index contributed by atoms with van der Waals surface area (Å²) in [5.41, 5.74) is 4.11. The van der Waals surface area contributed by atoms with Gasteiger partial charge in [0.15, 0.2) is 11.6 Å². The fraction of sp³-hybridized carbons (Fsp3) is 0.158. The van der Waals surface area contributed by atoms with Crippen LogP contribution >= 0.6 is 0 Å². The van der Waals surface area contributed by atoms with Crippen LogP contribution in [-0.2, 0) is 15.1 Å². The SMILES string of the molecule is C[C@]1(c2ccc(F)c(F)c2)NC(=O)N(CC(=O)Nc2ccc(C(N)=O)cc2)C1=O. The number of halogens is 2. The third-order valence-corrected chi connectivity index (χ3v) is 4.53. The maximum Gasteiger partial charge on any atom is 0.325 e. The quantitative estimate of drug-likeness (QED) is 0.656. The lowest BCUT2D eigenvalue weighted by Crippen LogP contribution is -2.42. The van der Waals surface area contributed by atoms with Gasteiger partial charge in [-0.05, 0) is 48.9 Å². The molecule has 1 heterocycles.